The van der Waals surface area contributed by atoms with E-state index in [-0.39, 0.29) is 23.6 Å². The summed E-state index contributed by atoms with van der Waals surface area (Å²) in [6.45, 7) is 0.961. The number of nitrogens with zero attached hydrogens (tertiary/aromatic N) is 2. The molecule has 0 radical (unpaired) electrons. The first kappa shape index (κ1) is 18.2. The Bertz CT molecular complexity index is 541. The van der Waals surface area contributed by atoms with E-state index in [4.69, 9.17) is 0 Å². The van der Waals surface area contributed by atoms with E-state index in [0.29, 0.717) is 19.5 Å². The molecule has 1 saturated heterocycles. The van der Waals surface area contributed by atoms with Gasteiger partial charge in [0.05, 0.1) is 11.5 Å². The van der Waals surface area contributed by atoms with Gasteiger partial charge in [0.25, 0.3) is 0 Å². The number of nitrogens with one attached hydrogen (secondary N) is 1. The zero-order valence-corrected chi connectivity index (χ0v) is 14.8. The van der Waals surface area contributed by atoms with E-state index in [1.807, 2.05) is 19.0 Å². The standard InChI is InChI=1S/C15H27N3O4S/c1-17(2)8-9-18(13-7-10-23(21,22)11-13)15(20)14(19)16-12-5-3-4-6-12/h12-13H,3-11H2,1-2H3,(H,16,19). The predicted molar refractivity (Wildman–Crippen MR) is 87.7 cm³/mol. The highest BCUT2D eigenvalue weighted by Crippen LogP contribution is 2.20. The minimum atomic E-state index is -3.10. The summed E-state index contributed by atoms with van der Waals surface area (Å²) in [6.07, 6.45) is 4.38. The van der Waals surface area contributed by atoms with Crippen molar-refractivity contribution in [2.45, 2.75) is 44.2 Å². The molecule has 0 spiro atoms. The van der Waals surface area contributed by atoms with E-state index in [9.17, 15) is 18.0 Å². The van der Waals surface area contributed by atoms with Crippen molar-refractivity contribution in [3.05, 3.63) is 0 Å². The third-order valence-corrected chi connectivity index (χ3v) is 6.33. The molecule has 0 aromatic rings. The molecule has 0 bridgehead atoms. The van der Waals surface area contributed by atoms with Gasteiger partial charge in [0.15, 0.2) is 9.84 Å². The molecule has 2 fully saturated rings. The first-order chi connectivity index (χ1) is 10.8. The van der Waals surface area contributed by atoms with E-state index in [1.54, 1.807) is 0 Å². The molecule has 2 amide bonds. The van der Waals surface area contributed by atoms with Crippen LogP contribution in [0, 0.1) is 0 Å². The summed E-state index contributed by atoms with van der Waals surface area (Å²) < 4.78 is 23.4. The monoisotopic (exact) mass is 345 g/mol. The molecule has 1 atom stereocenters. The number of rotatable bonds is 5. The van der Waals surface area contributed by atoms with Crippen molar-refractivity contribution >= 4 is 21.7 Å². The van der Waals surface area contributed by atoms with E-state index in [1.165, 1.54) is 4.90 Å². The first-order valence-corrected chi connectivity index (χ1v) is 10.1. The second-order valence-electron chi connectivity index (χ2n) is 6.81. The number of carbonyl (C=O) groups excluding carboxylic acids is 2. The van der Waals surface area contributed by atoms with Gasteiger partial charge in [0.1, 0.15) is 0 Å². The van der Waals surface area contributed by atoms with Crippen LogP contribution in [0.4, 0.5) is 0 Å². The minimum absolute atomic E-state index is 0.0388. The lowest BCUT2D eigenvalue weighted by Crippen LogP contribution is -2.51. The highest BCUT2D eigenvalue weighted by atomic mass is 32.2. The summed E-state index contributed by atoms with van der Waals surface area (Å²) in [5, 5.41) is 2.80. The molecule has 0 aromatic carbocycles. The van der Waals surface area contributed by atoms with Gasteiger partial charge >= 0.3 is 11.8 Å². The Kier molecular flexibility index (Phi) is 6.02. The molecule has 1 heterocycles. The van der Waals surface area contributed by atoms with Gasteiger partial charge in [-0.3, -0.25) is 9.59 Å². The molecule has 1 aliphatic carbocycles. The summed E-state index contributed by atoms with van der Waals surface area (Å²) >= 11 is 0. The van der Waals surface area contributed by atoms with Crippen LogP contribution in [-0.2, 0) is 19.4 Å². The molecule has 1 aliphatic heterocycles. The fourth-order valence-electron chi connectivity index (χ4n) is 3.23. The normalized spacial score (nSPS) is 24.0. The molecule has 2 rings (SSSR count). The van der Waals surface area contributed by atoms with Gasteiger partial charge in [-0.1, -0.05) is 12.8 Å². The Morgan fingerprint density at radius 1 is 1.09 bits per heavy atom. The van der Waals surface area contributed by atoms with Crippen LogP contribution in [-0.4, -0.2) is 80.8 Å². The molecular weight excluding hydrogens is 318 g/mol. The number of amides is 2. The number of likely N-dealkylation sites (N-methyl/N-ethyl adjacent to an activating group) is 1. The van der Waals surface area contributed by atoms with Gasteiger partial charge in [-0.15, -0.1) is 0 Å². The molecular formula is C15H27N3O4S. The van der Waals surface area contributed by atoms with Gasteiger partial charge in [-0.2, -0.15) is 0 Å². The molecule has 0 aromatic heterocycles. The summed E-state index contributed by atoms with van der Waals surface area (Å²) in [4.78, 5) is 28.1. The predicted octanol–water partition coefficient (Wildman–Crippen LogP) is -0.377. The van der Waals surface area contributed by atoms with Gasteiger partial charge in [0.2, 0.25) is 0 Å². The van der Waals surface area contributed by atoms with Crippen LogP contribution in [0.15, 0.2) is 0 Å². The summed E-state index contributed by atoms with van der Waals surface area (Å²) in [7, 11) is 0.663. The topological polar surface area (TPSA) is 86.8 Å². The molecule has 8 heteroatoms. The summed E-state index contributed by atoms with van der Waals surface area (Å²) in [5.74, 6) is -1.14. The fourth-order valence-corrected chi connectivity index (χ4v) is 4.96. The molecule has 1 saturated carbocycles. The Hall–Kier alpha value is -1.15. The zero-order chi connectivity index (χ0) is 17.0. The summed E-state index contributed by atoms with van der Waals surface area (Å²) in [5.41, 5.74) is 0. The van der Waals surface area contributed by atoms with E-state index in [2.05, 4.69) is 5.32 Å². The summed E-state index contributed by atoms with van der Waals surface area (Å²) in [6, 6.07) is -0.309. The Labute approximate surface area is 138 Å². The fraction of sp³-hybridized carbons (Fsp3) is 0.867. The molecule has 23 heavy (non-hydrogen) atoms. The molecule has 132 valence electrons. The van der Waals surface area contributed by atoms with E-state index in [0.717, 1.165) is 25.7 Å². The average molecular weight is 345 g/mol. The highest BCUT2D eigenvalue weighted by Gasteiger charge is 2.37. The minimum Gasteiger partial charge on any atom is -0.345 e. The third kappa shape index (κ3) is 5.17. The van der Waals surface area contributed by atoms with Gasteiger partial charge in [-0.05, 0) is 33.4 Å². The van der Waals surface area contributed by atoms with Crippen molar-refractivity contribution in [2.75, 3.05) is 38.7 Å². The number of hydrogen-bond donors (Lipinski definition) is 1. The van der Waals surface area contributed by atoms with Gasteiger partial charge in [0, 0.05) is 25.2 Å². The second kappa shape index (κ2) is 7.61. The third-order valence-electron chi connectivity index (χ3n) is 4.58. The average Bonchev–Trinajstić information content (AvgIpc) is 3.08. The zero-order valence-electron chi connectivity index (χ0n) is 14.0. The molecule has 7 nitrogen and oxygen atoms in total. The number of sulfone groups is 1. The van der Waals surface area contributed by atoms with Crippen molar-refractivity contribution in [1.29, 1.82) is 0 Å². The maximum Gasteiger partial charge on any atom is 0.312 e. The first-order valence-electron chi connectivity index (χ1n) is 8.25. The Morgan fingerprint density at radius 3 is 2.26 bits per heavy atom. The van der Waals surface area contributed by atoms with Crippen LogP contribution in [0.2, 0.25) is 0 Å². The molecule has 1 N–H and O–H groups in total. The van der Waals surface area contributed by atoms with E-state index >= 15 is 0 Å². The smallest absolute Gasteiger partial charge is 0.312 e. The highest BCUT2D eigenvalue weighted by molar-refractivity contribution is 7.91. The number of hydrogen-bond acceptors (Lipinski definition) is 5. The maximum atomic E-state index is 12.5. The molecule has 2 aliphatic rings. The Morgan fingerprint density at radius 2 is 1.74 bits per heavy atom. The van der Waals surface area contributed by atoms with Crippen LogP contribution >= 0.6 is 0 Å². The largest absolute Gasteiger partial charge is 0.345 e. The quantitative estimate of drug-likeness (QED) is 0.687. The van der Waals surface area contributed by atoms with Crippen molar-refractivity contribution < 1.29 is 18.0 Å². The van der Waals surface area contributed by atoms with Gasteiger partial charge in [-0.25, -0.2) is 8.42 Å². The van der Waals surface area contributed by atoms with Gasteiger partial charge < -0.3 is 15.1 Å². The van der Waals surface area contributed by atoms with Crippen molar-refractivity contribution in [3.63, 3.8) is 0 Å². The SMILES string of the molecule is CN(C)CCN(C(=O)C(=O)NC1CCCC1)C1CCS(=O)(=O)C1. The molecule has 1 unspecified atom stereocenters. The lowest BCUT2D eigenvalue weighted by molar-refractivity contribution is -0.147. The number of carbonyl (C=O) groups is 2. The van der Waals surface area contributed by atoms with Crippen LogP contribution in [0.25, 0.3) is 0 Å². The maximum absolute atomic E-state index is 12.5. The van der Waals surface area contributed by atoms with Crippen LogP contribution in [0.1, 0.15) is 32.1 Å². The van der Waals surface area contributed by atoms with Crippen LogP contribution < -0.4 is 5.32 Å². The van der Waals surface area contributed by atoms with Crippen molar-refractivity contribution in [2.24, 2.45) is 0 Å². The second-order valence-corrected chi connectivity index (χ2v) is 9.04. The van der Waals surface area contributed by atoms with E-state index < -0.39 is 21.7 Å². The lowest BCUT2D eigenvalue weighted by atomic mass is 10.2. The van der Waals surface area contributed by atoms with Crippen LogP contribution in [0.3, 0.4) is 0 Å². The van der Waals surface area contributed by atoms with Crippen molar-refractivity contribution in [1.82, 2.24) is 15.1 Å². The van der Waals surface area contributed by atoms with Crippen molar-refractivity contribution in [3.8, 4) is 0 Å². The van der Waals surface area contributed by atoms with Crippen LogP contribution in [0.5, 0.6) is 0 Å². The Balaban J connectivity index is 2.02. The lowest BCUT2D eigenvalue weighted by Gasteiger charge is -2.29.